The number of hydrogen-bond donors (Lipinski definition) is 1. The first-order valence-corrected chi connectivity index (χ1v) is 9.91. The van der Waals surface area contributed by atoms with Crippen molar-refractivity contribution in [3.63, 3.8) is 0 Å². The molecule has 2 aromatic carbocycles. The summed E-state index contributed by atoms with van der Waals surface area (Å²) >= 11 is 0. The maximum Gasteiger partial charge on any atom is 0.234 e. The van der Waals surface area contributed by atoms with Crippen LogP contribution in [0.1, 0.15) is 0 Å². The number of piperazine rings is 1. The van der Waals surface area contributed by atoms with Crippen molar-refractivity contribution in [3.05, 3.63) is 67.3 Å². The van der Waals surface area contributed by atoms with Crippen molar-refractivity contribution < 1.29 is 4.79 Å². The van der Waals surface area contributed by atoms with Crippen molar-refractivity contribution in [3.8, 4) is 11.4 Å². The minimum Gasteiger partial charge on any atom is -0.353 e. The molecule has 6 nitrogen and oxygen atoms in total. The third kappa shape index (κ3) is 4.43. The Hall–Kier alpha value is -3.25. The van der Waals surface area contributed by atoms with E-state index in [-0.39, 0.29) is 5.91 Å². The minimum atomic E-state index is 0.0391. The molecule has 0 bridgehead atoms. The van der Waals surface area contributed by atoms with E-state index in [1.807, 2.05) is 48.5 Å². The van der Waals surface area contributed by atoms with Gasteiger partial charge in [-0.15, -0.1) is 6.58 Å². The van der Waals surface area contributed by atoms with Crippen LogP contribution in [-0.2, 0) is 4.79 Å². The Morgan fingerprint density at radius 3 is 2.48 bits per heavy atom. The predicted molar refractivity (Wildman–Crippen MR) is 117 cm³/mol. The molecule has 0 saturated carbocycles. The Morgan fingerprint density at radius 1 is 1.00 bits per heavy atom. The van der Waals surface area contributed by atoms with E-state index in [0.717, 1.165) is 54.3 Å². The number of carbonyl (C=O) groups excluding carboxylic acids is 1. The Balaban J connectivity index is 1.55. The molecule has 0 atom stereocenters. The molecule has 1 aromatic heterocycles. The molecule has 2 heterocycles. The van der Waals surface area contributed by atoms with Crippen LogP contribution in [0.25, 0.3) is 22.3 Å². The molecule has 1 aliphatic rings. The van der Waals surface area contributed by atoms with Crippen molar-refractivity contribution in [1.82, 2.24) is 20.2 Å². The highest BCUT2D eigenvalue weighted by Gasteiger charge is 2.22. The van der Waals surface area contributed by atoms with Gasteiger partial charge in [-0.05, 0) is 12.1 Å². The first-order chi connectivity index (χ1) is 14.2. The van der Waals surface area contributed by atoms with E-state index in [0.29, 0.717) is 13.1 Å². The number of hydrogen-bond acceptors (Lipinski definition) is 5. The van der Waals surface area contributed by atoms with E-state index in [2.05, 4.69) is 27.8 Å². The number of aromatic nitrogens is 2. The van der Waals surface area contributed by atoms with Crippen LogP contribution in [0.4, 0.5) is 5.82 Å². The molecule has 1 saturated heterocycles. The lowest BCUT2D eigenvalue weighted by Gasteiger charge is -2.35. The van der Waals surface area contributed by atoms with Gasteiger partial charge in [0.1, 0.15) is 5.82 Å². The van der Waals surface area contributed by atoms with Gasteiger partial charge in [-0.3, -0.25) is 9.69 Å². The second kappa shape index (κ2) is 8.84. The molecule has 1 aliphatic heterocycles. The van der Waals surface area contributed by atoms with Gasteiger partial charge in [0.2, 0.25) is 5.91 Å². The molecule has 0 unspecified atom stereocenters. The van der Waals surface area contributed by atoms with Crippen molar-refractivity contribution >= 4 is 22.6 Å². The second-order valence-corrected chi connectivity index (χ2v) is 7.11. The number of benzene rings is 2. The number of para-hydroxylation sites is 1. The molecule has 148 valence electrons. The highest BCUT2D eigenvalue weighted by atomic mass is 16.2. The summed E-state index contributed by atoms with van der Waals surface area (Å²) < 4.78 is 0. The lowest BCUT2D eigenvalue weighted by molar-refractivity contribution is -0.122. The van der Waals surface area contributed by atoms with E-state index in [1.165, 1.54) is 0 Å². The molecule has 4 rings (SSSR count). The normalized spacial score (nSPS) is 14.7. The van der Waals surface area contributed by atoms with Crippen LogP contribution >= 0.6 is 0 Å². The first-order valence-electron chi connectivity index (χ1n) is 9.91. The van der Waals surface area contributed by atoms with Crippen LogP contribution in [-0.4, -0.2) is 60.0 Å². The molecule has 1 N–H and O–H groups in total. The van der Waals surface area contributed by atoms with Crippen LogP contribution in [0.5, 0.6) is 0 Å². The molecular formula is C23H25N5O. The summed E-state index contributed by atoms with van der Waals surface area (Å²) in [6, 6.07) is 18.2. The number of rotatable bonds is 6. The fourth-order valence-corrected chi connectivity index (χ4v) is 3.58. The summed E-state index contributed by atoms with van der Waals surface area (Å²) in [5, 5.41) is 3.90. The maximum atomic E-state index is 12.0. The van der Waals surface area contributed by atoms with E-state index in [4.69, 9.17) is 9.97 Å². The summed E-state index contributed by atoms with van der Waals surface area (Å²) in [5.74, 6) is 1.74. The largest absolute Gasteiger partial charge is 0.353 e. The lowest BCUT2D eigenvalue weighted by atomic mass is 10.1. The SMILES string of the molecule is C=CCNC(=O)CN1CCN(c2nc(-c3ccccc3)nc3ccccc23)CC1. The number of anilines is 1. The molecule has 0 spiro atoms. The molecular weight excluding hydrogens is 362 g/mol. The molecule has 6 heteroatoms. The summed E-state index contributed by atoms with van der Waals surface area (Å²) in [6.45, 7) is 7.84. The van der Waals surface area contributed by atoms with Gasteiger partial charge in [0.05, 0.1) is 12.1 Å². The zero-order valence-electron chi connectivity index (χ0n) is 16.4. The summed E-state index contributed by atoms with van der Waals surface area (Å²) in [4.78, 5) is 26.1. The summed E-state index contributed by atoms with van der Waals surface area (Å²) in [5.41, 5.74) is 1.96. The van der Waals surface area contributed by atoms with Crippen molar-refractivity contribution in [2.45, 2.75) is 0 Å². The number of fused-ring (bicyclic) bond motifs is 1. The number of nitrogens with zero attached hydrogens (tertiary/aromatic N) is 4. The molecule has 0 radical (unpaired) electrons. The highest BCUT2D eigenvalue weighted by molar-refractivity contribution is 5.91. The van der Waals surface area contributed by atoms with Gasteiger partial charge >= 0.3 is 0 Å². The van der Waals surface area contributed by atoms with Crippen LogP contribution in [0.15, 0.2) is 67.3 Å². The highest BCUT2D eigenvalue weighted by Crippen LogP contribution is 2.28. The maximum absolute atomic E-state index is 12.0. The number of carbonyl (C=O) groups is 1. The Kier molecular flexibility index (Phi) is 5.81. The molecule has 1 fully saturated rings. The van der Waals surface area contributed by atoms with Crippen molar-refractivity contribution in [2.75, 3.05) is 44.2 Å². The zero-order chi connectivity index (χ0) is 20.1. The van der Waals surface area contributed by atoms with E-state index < -0.39 is 0 Å². The molecule has 1 amide bonds. The standard InChI is InChI=1S/C23H25N5O/c1-2-12-24-21(29)17-27-13-15-28(16-14-27)23-19-10-6-7-11-20(19)25-22(26-23)18-8-4-3-5-9-18/h2-11H,1,12-17H2,(H,24,29). The van der Waals surface area contributed by atoms with Gasteiger partial charge < -0.3 is 10.2 Å². The summed E-state index contributed by atoms with van der Waals surface area (Å²) in [6.07, 6.45) is 1.69. The Labute approximate surface area is 170 Å². The molecule has 3 aromatic rings. The smallest absolute Gasteiger partial charge is 0.234 e. The minimum absolute atomic E-state index is 0.0391. The number of amides is 1. The predicted octanol–water partition coefficient (Wildman–Crippen LogP) is 2.72. The van der Waals surface area contributed by atoms with Gasteiger partial charge in [0.15, 0.2) is 5.82 Å². The van der Waals surface area contributed by atoms with Crippen molar-refractivity contribution in [1.29, 1.82) is 0 Å². The van der Waals surface area contributed by atoms with Crippen molar-refractivity contribution in [2.24, 2.45) is 0 Å². The monoisotopic (exact) mass is 387 g/mol. The Morgan fingerprint density at radius 2 is 1.72 bits per heavy atom. The zero-order valence-corrected chi connectivity index (χ0v) is 16.4. The van der Waals surface area contributed by atoms with Crippen LogP contribution in [0, 0.1) is 0 Å². The fraction of sp³-hybridized carbons (Fsp3) is 0.261. The third-order valence-corrected chi connectivity index (χ3v) is 5.10. The van der Waals surface area contributed by atoms with E-state index in [9.17, 15) is 4.79 Å². The van der Waals surface area contributed by atoms with Gasteiger partial charge in [0, 0.05) is 43.7 Å². The molecule has 0 aliphatic carbocycles. The van der Waals surface area contributed by atoms with Gasteiger partial charge in [-0.25, -0.2) is 9.97 Å². The van der Waals surface area contributed by atoms with Crippen LogP contribution in [0.3, 0.4) is 0 Å². The topological polar surface area (TPSA) is 61.4 Å². The van der Waals surface area contributed by atoms with Gasteiger partial charge in [0.25, 0.3) is 0 Å². The van der Waals surface area contributed by atoms with Gasteiger partial charge in [-0.2, -0.15) is 0 Å². The average Bonchev–Trinajstić information content (AvgIpc) is 2.78. The number of nitrogens with one attached hydrogen (secondary N) is 1. The quantitative estimate of drug-likeness (QED) is 0.659. The average molecular weight is 387 g/mol. The van der Waals surface area contributed by atoms with E-state index >= 15 is 0 Å². The van der Waals surface area contributed by atoms with E-state index in [1.54, 1.807) is 6.08 Å². The molecule has 29 heavy (non-hydrogen) atoms. The van der Waals surface area contributed by atoms with Gasteiger partial charge in [-0.1, -0.05) is 48.5 Å². The van der Waals surface area contributed by atoms with Crippen LogP contribution in [0.2, 0.25) is 0 Å². The first kappa shape index (κ1) is 19.1. The summed E-state index contributed by atoms with van der Waals surface area (Å²) in [7, 11) is 0. The van der Waals surface area contributed by atoms with Crippen LogP contribution < -0.4 is 10.2 Å². The lowest BCUT2D eigenvalue weighted by Crippen LogP contribution is -2.49. The fourth-order valence-electron chi connectivity index (χ4n) is 3.58. The second-order valence-electron chi connectivity index (χ2n) is 7.11. The Bertz CT molecular complexity index is 997. The third-order valence-electron chi connectivity index (χ3n) is 5.10.